The monoisotopic (exact) mass is 406 g/mol. The second-order valence-corrected chi connectivity index (χ2v) is 6.96. The normalized spacial score (nSPS) is 10.5. The van der Waals surface area contributed by atoms with Crippen LogP contribution in [0.1, 0.15) is 28.4 Å². The highest BCUT2D eigenvalue weighted by Gasteiger charge is 2.20. The third-order valence-electron chi connectivity index (χ3n) is 4.89. The van der Waals surface area contributed by atoms with Crippen molar-refractivity contribution in [2.45, 2.75) is 20.4 Å². The number of aromatic nitrogens is 1. The summed E-state index contributed by atoms with van der Waals surface area (Å²) in [7, 11) is 3.16. The van der Waals surface area contributed by atoms with Crippen LogP contribution in [0.25, 0.3) is 0 Å². The molecule has 0 saturated carbocycles. The van der Waals surface area contributed by atoms with Crippen LogP contribution in [0, 0.1) is 6.92 Å². The Morgan fingerprint density at radius 2 is 1.70 bits per heavy atom. The van der Waals surface area contributed by atoms with E-state index in [1.54, 1.807) is 43.5 Å². The van der Waals surface area contributed by atoms with Gasteiger partial charge in [-0.25, -0.2) is 0 Å². The van der Waals surface area contributed by atoms with E-state index in [-0.39, 0.29) is 17.0 Å². The van der Waals surface area contributed by atoms with Gasteiger partial charge >= 0.3 is 0 Å². The van der Waals surface area contributed by atoms with Crippen molar-refractivity contribution in [2.75, 3.05) is 25.7 Å². The molecule has 0 atom stereocenters. The molecule has 0 fully saturated rings. The Hall–Kier alpha value is -3.54. The average molecular weight is 406 g/mol. The van der Waals surface area contributed by atoms with E-state index in [1.807, 2.05) is 50.2 Å². The van der Waals surface area contributed by atoms with Crippen molar-refractivity contribution in [3.05, 3.63) is 87.8 Å². The van der Waals surface area contributed by atoms with Crippen LogP contribution in [-0.2, 0) is 6.54 Å². The summed E-state index contributed by atoms with van der Waals surface area (Å²) < 4.78 is 12.1. The van der Waals surface area contributed by atoms with Gasteiger partial charge in [-0.2, -0.15) is 0 Å². The van der Waals surface area contributed by atoms with Crippen LogP contribution in [0.4, 0.5) is 5.69 Å². The highest BCUT2D eigenvalue weighted by Crippen LogP contribution is 2.23. The zero-order chi connectivity index (χ0) is 21.7. The molecule has 6 nitrogen and oxygen atoms in total. The minimum absolute atomic E-state index is 0.135. The van der Waals surface area contributed by atoms with Gasteiger partial charge in [0, 0.05) is 24.5 Å². The Balaban J connectivity index is 1.95. The summed E-state index contributed by atoms with van der Waals surface area (Å²) in [5, 5.41) is 0. The molecule has 156 valence electrons. The molecule has 0 aliphatic rings. The van der Waals surface area contributed by atoms with E-state index in [9.17, 15) is 9.59 Å². The second kappa shape index (κ2) is 9.31. The van der Waals surface area contributed by atoms with Gasteiger partial charge in [0.15, 0.2) is 0 Å². The minimum atomic E-state index is -0.338. The maximum absolute atomic E-state index is 13.2. The number of carbonyl (C=O) groups is 1. The van der Waals surface area contributed by atoms with Gasteiger partial charge in [0.1, 0.15) is 17.1 Å². The number of carbonyl (C=O) groups excluding carboxylic acids is 1. The smallest absolute Gasteiger partial charge is 0.263 e. The third-order valence-corrected chi connectivity index (χ3v) is 4.89. The summed E-state index contributed by atoms with van der Waals surface area (Å²) in [4.78, 5) is 27.9. The minimum Gasteiger partial charge on any atom is -0.497 e. The predicted molar refractivity (Wildman–Crippen MR) is 118 cm³/mol. The summed E-state index contributed by atoms with van der Waals surface area (Å²) in [6, 6.07) is 16.4. The maximum Gasteiger partial charge on any atom is 0.263 e. The number of rotatable bonds is 7. The van der Waals surface area contributed by atoms with E-state index < -0.39 is 0 Å². The van der Waals surface area contributed by atoms with Gasteiger partial charge in [-0.1, -0.05) is 12.1 Å². The van der Waals surface area contributed by atoms with Crippen LogP contribution in [0.2, 0.25) is 0 Å². The lowest BCUT2D eigenvalue weighted by Crippen LogP contribution is -2.36. The zero-order valence-corrected chi connectivity index (χ0v) is 17.7. The first-order valence-corrected chi connectivity index (χ1v) is 9.76. The van der Waals surface area contributed by atoms with E-state index in [0.29, 0.717) is 24.6 Å². The number of amides is 1. The van der Waals surface area contributed by atoms with Gasteiger partial charge < -0.3 is 18.9 Å². The van der Waals surface area contributed by atoms with Crippen LogP contribution in [0.3, 0.4) is 0 Å². The molecule has 1 aromatic heterocycles. The molecule has 0 radical (unpaired) electrons. The van der Waals surface area contributed by atoms with E-state index in [4.69, 9.17) is 9.47 Å². The molecule has 3 aromatic rings. The van der Waals surface area contributed by atoms with Crippen LogP contribution in [0.15, 0.2) is 65.6 Å². The van der Waals surface area contributed by atoms with Gasteiger partial charge in [-0.05, 0) is 61.4 Å². The molecule has 3 rings (SSSR count). The number of methoxy groups -OCH3 is 2. The van der Waals surface area contributed by atoms with Crippen molar-refractivity contribution in [3.63, 3.8) is 0 Å². The number of benzene rings is 2. The maximum atomic E-state index is 13.2. The largest absolute Gasteiger partial charge is 0.497 e. The number of hydrogen-bond donors (Lipinski definition) is 0. The number of pyridine rings is 1. The number of nitrogens with zero attached hydrogens (tertiary/aromatic N) is 2. The second-order valence-electron chi connectivity index (χ2n) is 6.96. The van der Waals surface area contributed by atoms with Gasteiger partial charge in [-0.15, -0.1) is 0 Å². The number of anilines is 1. The topological polar surface area (TPSA) is 60.8 Å². The van der Waals surface area contributed by atoms with Crippen LogP contribution >= 0.6 is 0 Å². The summed E-state index contributed by atoms with van der Waals surface area (Å²) >= 11 is 0. The Morgan fingerprint density at radius 1 is 1.00 bits per heavy atom. The SMILES string of the molecule is CCN(C(=O)c1cccn(Cc2cc(OC)cc(OC)c2)c1=O)c1cccc(C)c1. The van der Waals surface area contributed by atoms with Crippen molar-refractivity contribution in [1.29, 1.82) is 0 Å². The number of hydrogen-bond acceptors (Lipinski definition) is 4. The van der Waals surface area contributed by atoms with Crippen molar-refractivity contribution in [3.8, 4) is 11.5 Å². The molecule has 0 aliphatic heterocycles. The molecule has 1 amide bonds. The first-order chi connectivity index (χ1) is 14.5. The Kier molecular flexibility index (Phi) is 6.57. The van der Waals surface area contributed by atoms with E-state index in [0.717, 1.165) is 16.8 Å². The van der Waals surface area contributed by atoms with Crippen LogP contribution in [0.5, 0.6) is 11.5 Å². The Bertz CT molecular complexity index is 1080. The zero-order valence-electron chi connectivity index (χ0n) is 17.7. The molecule has 30 heavy (non-hydrogen) atoms. The first-order valence-electron chi connectivity index (χ1n) is 9.76. The van der Waals surface area contributed by atoms with Crippen LogP contribution in [-0.4, -0.2) is 31.2 Å². The van der Waals surface area contributed by atoms with Gasteiger partial charge in [0.25, 0.3) is 11.5 Å². The van der Waals surface area contributed by atoms with Crippen molar-refractivity contribution >= 4 is 11.6 Å². The van der Waals surface area contributed by atoms with Gasteiger partial charge in [0.2, 0.25) is 0 Å². The molecule has 0 bridgehead atoms. The fraction of sp³-hybridized carbons (Fsp3) is 0.250. The molecule has 1 heterocycles. The molecular weight excluding hydrogens is 380 g/mol. The molecule has 0 N–H and O–H groups in total. The summed E-state index contributed by atoms with van der Waals surface area (Å²) in [6.07, 6.45) is 1.67. The average Bonchev–Trinajstić information content (AvgIpc) is 2.75. The Labute approximate surface area is 176 Å². The lowest BCUT2D eigenvalue weighted by molar-refractivity contribution is 0.0986. The number of ether oxygens (including phenoxy) is 2. The summed E-state index contributed by atoms with van der Waals surface area (Å²) in [5.41, 5.74) is 2.46. The number of aryl methyl sites for hydroxylation is 1. The summed E-state index contributed by atoms with van der Waals surface area (Å²) in [6.45, 7) is 4.62. The van der Waals surface area contributed by atoms with Gasteiger partial charge in [-0.3, -0.25) is 9.59 Å². The van der Waals surface area contributed by atoms with Gasteiger partial charge in [0.05, 0.1) is 20.8 Å². The summed E-state index contributed by atoms with van der Waals surface area (Å²) in [5.74, 6) is 0.966. The lowest BCUT2D eigenvalue weighted by Gasteiger charge is -2.21. The molecule has 0 spiro atoms. The molecular formula is C24H26N2O4. The highest BCUT2D eigenvalue weighted by atomic mass is 16.5. The van der Waals surface area contributed by atoms with Crippen molar-refractivity contribution in [2.24, 2.45) is 0 Å². The molecule has 0 saturated heterocycles. The fourth-order valence-electron chi connectivity index (χ4n) is 3.36. The fourth-order valence-corrected chi connectivity index (χ4v) is 3.36. The van der Waals surface area contributed by atoms with E-state index in [2.05, 4.69) is 0 Å². The van der Waals surface area contributed by atoms with E-state index in [1.165, 1.54) is 4.57 Å². The van der Waals surface area contributed by atoms with Crippen LogP contribution < -0.4 is 19.9 Å². The molecule has 2 aromatic carbocycles. The first kappa shape index (κ1) is 21.2. The van der Waals surface area contributed by atoms with Crippen molar-refractivity contribution in [1.82, 2.24) is 4.57 Å². The highest BCUT2D eigenvalue weighted by molar-refractivity contribution is 6.05. The standard InChI is InChI=1S/C24H26N2O4/c1-5-26(19-9-6-8-17(2)12-19)24(28)22-10-7-11-25(23(22)27)16-18-13-20(29-3)15-21(14-18)30-4/h6-15H,5,16H2,1-4H3. The molecule has 0 unspecified atom stereocenters. The third kappa shape index (κ3) is 4.54. The molecule has 6 heteroatoms. The van der Waals surface area contributed by atoms with Crippen molar-refractivity contribution < 1.29 is 14.3 Å². The van der Waals surface area contributed by atoms with E-state index >= 15 is 0 Å². The predicted octanol–water partition coefficient (Wildman–Crippen LogP) is 3.89. The Morgan fingerprint density at radius 3 is 2.30 bits per heavy atom. The molecule has 0 aliphatic carbocycles. The quantitative estimate of drug-likeness (QED) is 0.597. The lowest BCUT2D eigenvalue weighted by atomic mass is 10.1.